The van der Waals surface area contributed by atoms with E-state index in [-0.39, 0.29) is 0 Å². The number of nitrogens with zero attached hydrogens (tertiary/aromatic N) is 2. The lowest BCUT2D eigenvalue weighted by Crippen LogP contribution is -2.11. The summed E-state index contributed by atoms with van der Waals surface area (Å²) in [6.45, 7) is 0. The number of aromatic nitrogens is 1. The maximum absolute atomic E-state index is 2.45. The topological polar surface area (TPSA) is 8.17 Å². The highest BCUT2D eigenvalue weighted by atomic mass is 15.1. The Morgan fingerprint density at radius 2 is 0.844 bits per heavy atom. The van der Waals surface area contributed by atoms with E-state index in [2.05, 4.69) is 264 Å². The van der Waals surface area contributed by atoms with Crippen LogP contribution in [0.15, 0.2) is 255 Å². The van der Waals surface area contributed by atoms with E-state index in [0.717, 1.165) is 39.4 Å². The molecule has 0 aliphatic heterocycles. The Balaban J connectivity index is 1.03. The quantitative estimate of drug-likeness (QED) is 0.148. The molecule has 0 atom stereocenters. The Kier molecular flexibility index (Phi) is 9.20. The molecular weight excluding hydrogens is 773 g/mol. The molecule has 0 amide bonds. The van der Waals surface area contributed by atoms with Gasteiger partial charge in [-0.2, -0.15) is 0 Å². The average molecular weight is 815 g/mol. The van der Waals surface area contributed by atoms with Gasteiger partial charge in [0, 0.05) is 33.3 Å². The fraction of sp³-hybridized carbons (Fsp3) is 0. The molecule has 0 N–H and O–H groups in total. The van der Waals surface area contributed by atoms with E-state index in [4.69, 9.17) is 0 Å². The van der Waals surface area contributed by atoms with Crippen LogP contribution < -0.4 is 4.90 Å². The monoisotopic (exact) mass is 814 g/mol. The van der Waals surface area contributed by atoms with Crippen LogP contribution in [-0.4, -0.2) is 4.57 Å². The zero-order valence-corrected chi connectivity index (χ0v) is 35.1. The van der Waals surface area contributed by atoms with Crippen molar-refractivity contribution in [3.63, 3.8) is 0 Å². The Morgan fingerprint density at radius 3 is 1.66 bits per heavy atom. The van der Waals surface area contributed by atoms with Gasteiger partial charge in [0.2, 0.25) is 0 Å². The molecule has 2 nitrogen and oxygen atoms in total. The van der Waals surface area contributed by atoms with Gasteiger partial charge in [0.25, 0.3) is 0 Å². The molecule has 12 rings (SSSR count). The highest BCUT2D eigenvalue weighted by Crippen LogP contribution is 2.45. The minimum atomic E-state index is 1.07. The van der Waals surface area contributed by atoms with Crippen molar-refractivity contribution in [1.29, 1.82) is 0 Å². The summed E-state index contributed by atoms with van der Waals surface area (Å²) in [6.07, 6.45) is 0. The number of anilines is 3. The normalized spacial score (nSPS) is 11.4. The molecular formula is C62H42N2. The van der Waals surface area contributed by atoms with Crippen LogP contribution in [0.25, 0.3) is 93.5 Å². The van der Waals surface area contributed by atoms with Crippen LogP contribution in [0.5, 0.6) is 0 Å². The third-order valence-corrected chi connectivity index (χ3v) is 12.8. The molecule has 0 aliphatic rings. The molecule has 2 heteroatoms. The summed E-state index contributed by atoms with van der Waals surface area (Å²) < 4.78 is 2.45. The molecule has 0 saturated carbocycles. The Hall–Kier alpha value is -8.46. The van der Waals surface area contributed by atoms with Gasteiger partial charge in [-0.1, -0.05) is 194 Å². The second-order valence-corrected chi connectivity index (χ2v) is 16.5. The van der Waals surface area contributed by atoms with Gasteiger partial charge in [0.05, 0.1) is 22.4 Å². The predicted molar refractivity (Wildman–Crippen MR) is 272 cm³/mol. The van der Waals surface area contributed by atoms with Crippen molar-refractivity contribution >= 4 is 60.4 Å². The minimum absolute atomic E-state index is 1.07. The number of hydrogen-bond donors (Lipinski definition) is 0. The van der Waals surface area contributed by atoms with Gasteiger partial charge in [-0.25, -0.2) is 0 Å². The van der Waals surface area contributed by atoms with Gasteiger partial charge in [-0.3, -0.25) is 0 Å². The highest BCUT2D eigenvalue weighted by Gasteiger charge is 2.21. The number of rotatable bonds is 8. The van der Waals surface area contributed by atoms with Crippen molar-refractivity contribution < 1.29 is 0 Å². The molecule has 0 aliphatic carbocycles. The van der Waals surface area contributed by atoms with E-state index in [0.29, 0.717) is 0 Å². The van der Waals surface area contributed by atoms with E-state index in [1.807, 2.05) is 0 Å². The summed E-state index contributed by atoms with van der Waals surface area (Å²) in [5, 5.41) is 7.47. The molecule has 11 aromatic carbocycles. The summed E-state index contributed by atoms with van der Waals surface area (Å²) in [4.78, 5) is 2.43. The smallest absolute Gasteiger partial charge is 0.0547 e. The van der Waals surface area contributed by atoms with Crippen LogP contribution in [0.1, 0.15) is 0 Å². The molecule has 1 aromatic heterocycles. The fourth-order valence-corrected chi connectivity index (χ4v) is 9.72. The Labute approximate surface area is 373 Å². The van der Waals surface area contributed by atoms with Gasteiger partial charge in [-0.05, 0) is 116 Å². The van der Waals surface area contributed by atoms with Crippen LogP contribution in [0.3, 0.4) is 0 Å². The SMILES string of the molecule is c1ccc(-c2cccc(N(c3ccc(-c4ccccc4-n4c5ccccc5c5cc6ccccc6cc54)cc3)c3ccc(-c4cccc5ccccc45)cc3-c3ccccc3)c2)cc1. The standard InChI is InChI=1S/C62H42N2/c1-3-17-43(18-4-1)47-25-15-26-52(39-47)63(61-38-35-50(41-57(61)45-19-5-2-6-20-45)54-30-16-24-44-21-9-10-27-53(44)54)51-36-33-46(34-37-51)55-28-11-13-31-59(55)64-60-32-14-12-29-56(60)58-40-48-22-7-8-23-49(48)42-62(58)64/h1-42H. The fourth-order valence-electron chi connectivity index (χ4n) is 9.72. The third kappa shape index (κ3) is 6.52. The second kappa shape index (κ2) is 15.8. The molecule has 0 radical (unpaired) electrons. The van der Waals surface area contributed by atoms with E-state index in [1.54, 1.807) is 0 Å². The van der Waals surface area contributed by atoms with E-state index in [1.165, 1.54) is 71.2 Å². The molecule has 12 aromatic rings. The van der Waals surface area contributed by atoms with Crippen LogP contribution in [0, 0.1) is 0 Å². The minimum Gasteiger partial charge on any atom is -0.310 e. The molecule has 0 fully saturated rings. The first-order valence-corrected chi connectivity index (χ1v) is 22.0. The number of para-hydroxylation sites is 2. The molecule has 0 unspecified atom stereocenters. The van der Waals surface area contributed by atoms with Crippen molar-refractivity contribution in [2.75, 3.05) is 4.90 Å². The number of fused-ring (bicyclic) bond motifs is 5. The van der Waals surface area contributed by atoms with Crippen molar-refractivity contribution in [2.45, 2.75) is 0 Å². The number of hydrogen-bond acceptors (Lipinski definition) is 1. The summed E-state index contributed by atoms with van der Waals surface area (Å²) in [7, 11) is 0. The highest BCUT2D eigenvalue weighted by molar-refractivity contribution is 6.14. The molecule has 1 heterocycles. The first kappa shape index (κ1) is 37.3. The summed E-state index contributed by atoms with van der Waals surface area (Å²) >= 11 is 0. The summed E-state index contributed by atoms with van der Waals surface area (Å²) in [6, 6.07) is 92.8. The summed E-state index contributed by atoms with van der Waals surface area (Å²) in [5.74, 6) is 0. The van der Waals surface area contributed by atoms with Crippen LogP contribution in [0.2, 0.25) is 0 Å². The van der Waals surface area contributed by atoms with Gasteiger partial charge in [0.15, 0.2) is 0 Å². The van der Waals surface area contributed by atoms with Gasteiger partial charge < -0.3 is 9.47 Å². The first-order valence-electron chi connectivity index (χ1n) is 22.0. The first-order chi connectivity index (χ1) is 31.7. The Morgan fingerprint density at radius 1 is 0.266 bits per heavy atom. The van der Waals surface area contributed by atoms with Crippen molar-refractivity contribution in [3.05, 3.63) is 255 Å². The van der Waals surface area contributed by atoms with Gasteiger partial charge >= 0.3 is 0 Å². The molecule has 0 spiro atoms. The van der Waals surface area contributed by atoms with Crippen LogP contribution in [-0.2, 0) is 0 Å². The summed E-state index contributed by atoms with van der Waals surface area (Å²) in [5.41, 5.74) is 16.2. The average Bonchev–Trinajstić information content (AvgIpc) is 3.69. The predicted octanol–water partition coefficient (Wildman–Crippen LogP) is 17.2. The lowest BCUT2D eigenvalue weighted by atomic mass is 9.93. The van der Waals surface area contributed by atoms with Crippen molar-refractivity contribution in [2.24, 2.45) is 0 Å². The zero-order chi connectivity index (χ0) is 42.4. The second-order valence-electron chi connectivity index (χ2n) is 16.5. The van der Waals surface area contributed by atoms with Crippen molar-refractivity contribution in [1.82, 2.24) is 4.57 Å². The van der Waals surface area contributed by atoms with E-state index in [9.17, 15) is 0 Å². The molecule has 64 heavy (non-hydrogen) atoms. The van der Waals surface area contributed by atoms with Crippen molar-refractivity contribution in [3.8, 4) is 50.2 Å². The maximum Gasteiger partial charge on any atom is 0.0547 e. The lowest BCUT2D eigenvalue weighted by molar-refractivity contribution is 1.18. The largest absolute Gasteiger partial charge is 0.310 e. The van der Waals surface area contributed by atoms with E-state index >= 15 is 0 Å². The van der Waals surface area contributed by atoms with Crippen LogP contribution >= 0.6 is 0 Å². The molecule has 0 bridgehead atoms. The Bertz CT molecular complexity index is 3650. The van der Waals surface area contributed by atoms with Gasteiger partial charge in [0.1, 0.15) is 0 Å². The molecule has 0 saturated heterocycles. The zero-order valence-electron chi connectivity index (χ0n) is 35.1. The maximum atomic E-state index is 2.45. The lowest BCUT2D eigenvalue weighted by Gasteiger charge is -2.29. The third-order valence-electron chi connectivity index (χ3n) is 12.8. The van der Waals surface area contributed by atoms with E-state index < -0.39 is 0 Å². The van der Waals surface area contributed by atoms with Crippen LogP contribution in [0.4, 0.5) is 17.1 Å². The number of benzene rings is 11. The van der Waals surface area contributed by atoms with Gasteiger partial charge in [-0.15, -0.1) is 0 Å². The molecule has 300 valence electrons.